The van der Waals surface area contributed by atoms with E-state index >= 15 is 0 Å². The van der Waals surface area contributed by atoms with Crippen molar-refractivity contribution in [2.45, 2.75) is 33.1 Å². The summed E-state index contributed by atoms with van der Waals surface area (Å²) >= 11 is 0. The lowest BCUT2D eigenvalue weighted by Gasteiger charge is -2.07. The van der Waals surface area contributed by atoms with Crippen LogP contribution in [0.3, 0.4) is 0 Å². The van der Waals surface area contributed by atoms with Gasteiger partial charge in [0, 0.05) is 13.7 Å². The summed E-state index contributed by atoms with van der Waals surface area (Å²) in [6.07, 6.45) is 3.61. The monoisotopic (exact) mass is 261 g/mol. The summed E-state index contributed by atoms with van der Waals surface area (Å²) in [6, 6.07) is 0. The van der Waals surface area contributed by atoms with Crippen LogP contribution < -0.4 is 5.32 Å². The van der Waals surface area contributed by atoms with Gasteiger partial charge in [-0.25, -0.2) is 0 Å². The van der Waals surface area contributed by atoms with Gasteiger partial charge in [-0.2, -0.15) is 0 Å². The zero-order valence-corrected chi connectivity index (χ0v) is 12.4. The quantitative estimate of drug-likeness (QED) is 0.486. The average Bonchev–Trinajstić information content (AvgIpc) is 2.34. The molecule has 0 amide bonds. The van der Waals surface area contributed by atoms with Gasteiger partial charge in [-0.1, -0.05) is 13.8 Å². The van der Waals surface area contributed by atoms with E-state index in [2.05, 4.69) is 19.2 Å². The first-order chi connectivity index (χ1) is 8.77. The average molecular weight is 261 g/mol. The molecule has 0 bridgehead atoms. The van der Waals surface area contributed by atoms with Crippen LogP contribution in [0.25, 0.3) is 0 Å². The third-order valence-electron chi connectivity index (χ3n) is 2.50. The van der Waals surface area contributed by atoms with Crippen LogP contribution in [0, 0.1) is 5.92 Å². The second-order valence-electron chi connectivity index (χ2n) is 4.88. The number of rotatable bonds is 14. The Morgan fingerprint density at radius 3 is 2.17 bits per heavy atom. The summed E-state index contributed by atoms with van der Waals surface area (Å²) in [7, 11) is 1.68. The number of nitrogens with one attached hydrogen (secondary N) is 1. The lowest BCUT2D eigenvalue weighted by Crippen LogP contribution is -2.20. The Labute approximate surface area is 112 Å². The molecule has 0 aliphatic heterocycles. The zero-order valence-electron chi connectivity index (χ0n) is 12.4. The Morgan fingerprint density at radius 1 is 0.833 bits per heavy atom. The second kappa shape index (κ2) is 14.9. The van der Waals surface area contributed by atoms with E-state index in [1.54, 1.807) is 7.11 Å². The first-order valence-electron chi connectivity index (χ1n) is 7.12. The van der Waals surface area contributed by atoms with Crippen LogP contribution in [-0.2, 0) is 14.2 Å². The van der Waals surface area contributed by atoms with Crippen LogP contribution >= 0.6 is 0 Å². The van der Waals surface area contributed by atoms with Crippen molar-refractivity contribution >= 4 is 0 Å². The number of methoxy groups -OCH3 is 1. The fourth-order valence-corrected chi connectivity index (χ4v) is 1.49. The molecule has 0 fully saturated rings. The van der Waals surface area contributed by atoms with E-state index < -0.39 is 0 Å². The Morgan fingerprint density at radius 2 is 1.50 bits per heavy atom. The van der Waals surface area contributed by atoms with Crippen molar-refractivity contribution < 1.29 is 14.2 Å². The Kier molecular flexibility index (Phi) is 14.8. The summed E-state index contributed by atoms with van der Waals surface area (Å²) in [5.41, 5.74) is 0. The highest BCUT2D eigenvalue weighted by atomic mass is 16.5. The van der Waals surface area contributed by atoms with E-state index in [1.807, 2.05) is 0 Å². The maximum absolute atomic E-state index is 5.47. The molecular formula is C14H31NO3. The topological polar surface area (TPSA) is 39.7 Å². The molecule has 0 rings (SSSR count). The third-order valence-corrected chi connectivity index (χ3v) is 2.50. The smallest absolute Gasteiger partial charge is 0.0701 e. The fraction of sp³-hybridized carbons (Fsp3) is 1.00. The lowest BCUT2D eigenvalue weighted by atomic mass is 10.2. The molecule has 0 saturated heterocycles. The molecule has 0 atom stereocenters. The van der Waals surface area contributed by atoms with Gasteiger partial charge in [0.05, 0.1) is 26.4 Å². The second-order valence-corrected chi connectivity index (χ2v) is 4.88. The molecule has 0 heterocycles. The molecule has 0 aromatic carbocycles. The van der Waals surface area contributed by atoms with Crippen molar-refractivity contribution in [3.8, 4) is 0 Å². The highest BCUT2D eigenvalue weighted by Crippen LogP contribution is 1.95. The molecular weight excluding hydrogens is 230 g/mol. The summed E-state index contributed by atoms with van der Waals surface area (Å²) < 4.78 is 15.6. The van der Waals surface area contributed by atoms with E-state index in [1.165, 1.54) is 12.8 Å². The molecule has 0 aromatic rings. The Bertz CT molecular complexity index is 154. The van der Waals surface area contributed by atoms with Gasteiger partial charge >= 0.3 is 0 Å². The zero-order chi connectivity index (χ0) is 13.5. The summed E-state index contributed by atoms with van der Waals surface area (Å²) in [5, 5.41) is 3.44. The number of unbranched alkanes of at least 4 members (excludes halogenated alkanes) is 2. The minimum atomic E-state index is 0.654. The third kappa shape index (κ3) is 15.8. The van der Waals surface area contributed by atoms with Gasteiger partial charge in [-0.3, -0.25) is 0 Å². The van der Waals surface area contributed by atoms with E-state index in [0.29, 0.717) is 26.4 Å². The fourth-order valence-electron chi connectivity index (χ4n) is 1.49. The lowest BCUT2D eigenvalue weighted by molar-refractivity contribution is 0.0240. The molecule has 110 valence electrons. The first kappa shape index (κ1) is 17.8. The van der Waals surface area contributed by atoms with E-state index in [4.69, 9.17) is 14.2 Å². The number of ether oxygens (including phenoxy) is 3. The van der Waals surface area contributed by atoms with Gasteiger partial charge in [0.2, 0.25) is 0 Å². The van der Waals surface area contributed by atoms with Crippen molar-refractivity contribution in [1.29, 1.82) is 0 Å². The first-order valence-corrected chi connectivity index (χ1v) is 7.12. The molecule has 0 aliphatic carbocycles. The highest BCUT2D eigenvalue weighted by molar-refractivity contribution is 4.51. The number of hydrogen-bond donors (Lipinski definition) is 1. The van der Waals surface area contributed by atoms with Gasteiger partial charge in [-0.15, -0.1) is 0 Å². The SMILES string of the molecule is COCCOCCOCCCCCNCC(C)C. The molecule has 4 nitrogen and oxygen atoms in total. The van der Waals surface area contributed by atoms with Crippen LogP contribution in [0.15, 0.2) is 0 Å². The Hall–Kier alpha value is -0.160. The predicted molar refractivity (Wildman–Crippen MR) is 75.1 cm³/mol. The van der Waals surface area contributed by atoms with E-state index in [9.17, 15) is 0 Å². The largest absolute Gasteiger partial charge is 0.382 e. The molecule has 18 heavy (non-hydrogen) atoms. The standard InChI is InChI=1S/C14H31NO3/c1-14(2)13-15-7-5-4-6-8-17-11-12-18-10-9-16-3/h14-15H,4-13H2,1-3H3. The minimum Gasteiger partial charge on any atom is -0.382 e. The van der Waals surface area contributed by atoms with E-state index in [0.717, 1.165) is 32.0 Å². The highest BCUT2D eigenvalue weighted by Gasteiger charge is 1.94. The number of hydrogen-bond acceptors (Lipinski definition) is 4. The van der Waals surface area contributed by atoms with Crippen LogP contribution in [0.2, 0.25) is 0 Å². The van der Waals surface area contributed by atoms with Crippen molar-refractivity contribution in [1.82, 2.24) is 5.32 Å². The summed E-state index contributed by atoms with van der Waals surface area (Å²) in [5.74, 6) is 0.742. The van der Waals surface area contributed by atoms with Gasteiger partial charge in [0.15, 0.2) is 0 Å². The van der Waals surface area contributed by atoms with Crippen molar-refractivity contribution in [2.24, 2.45) is 5.92 Å². The molecule has 0 saturated carbocycles. The van der Waals surface area contributed by atoms with Crippen LogP contribution in [0.4, 0.5) is 0 Å². The van der Waals surface area contributed by atoms with Crippen molar-refractivity contribution in [3.05, 3.63) is 0 Å². The summed E-state index contributed by atoms with van der Waals surface area (Å²) in [6.45, 7) is 10.2. The maximum atomic E-state index is 5.47. The molecule has 0 unspecified atom stereocenters. The van der Waals surface area contributed by atoms with Gasteiger partial charge < -0.3 is 19.5 Å². The molecule has 0 aromatic heterocycles. The molecule has 1 N–H and O–H groups in total. The van der Waals surface area contributed by atoms with Gasteiger partial charge in [0.1, 0.15) is 0 Å². The van der Waals surface area contributed by atoms with Crippen LogP contribution in [0.5, 0.6) is 0 Å². The van der Waals surface area contributed by atoms with Gasteiger partial charge in [0.25, 0.3) is 0 Å². The van der Waals surface area contributed by atoms with E-state index in [-0.39, 0.29) is 0 Å². The molecule has 0 spiro atoms. The van der Waals surface area contributed by atoms with Crippen LogP contribution in [0.1, 0.15) is 33.1 Å². The minimum absolute atomic E-state index is 0.654. The molecule has 0 radical (unpaired) electrons. The summed E-state index contributed by atoms with van der Waals surface area (Å²) in [4.78, 5) is 0. The Balaban J connectivity index is 2.90. The molecule has 0 aliphatic rings. The normalized spacial score (nSPS) is 11.3. The van der Waals surface area contributed by atoms with Gasteiger partial charge in [-0.05, 0) is 38.3 Å². The molecule has 4 heteroatoms. The van der Waals surface area contributed by atoms with Crippen molar-refractivity contribution in [3.63, 3.8) is 0 Å². The van der Waals surface area contributed by atoms with Crippen LogP contribution in [-0.4, -0.2) is 53.2 Å². The predicted octanol–water partition coefficient (Wildman–Crippen LogP) is 2.08. The maximum Gasteiger partial charge on any atom is 0.0701 e. The van der Waals surface area contributed by atoms with Crippen molar-refractivity contribution in [2.75, 3.05) is 53.2 Å².